The van der Waals surface area contributed by atoms with Crippen LogP contribution in [0.5, 0.6) is 0 Å². The van der Waals surface area contributed by atoms with Crippen LogP contribution < -0.4 is 0 Å². The Morgan fingerprint density at radius 1 is 0.844 bits per heavy atom. The second-order valence-corrected chi connectivity index (χ2v) is 8.68. The standard InChI is InChI=1S/C26H29N3O3/c30-25(28-14-16-32-17-15-28)21-10-12-27(13-11-21)26(31)23-19-29(18-20-6-2-1-3-7-20)24-9-5-4-8-22(23)24/h1-9,19,21H,10-18H2. The number of ether oxygens (including phenoxy) is 1. The maximum atomic E-state index is 13.5. The number of piperidine rings is 1. The molecule has 166 valence electrons. The Hall–Kier alpha value is -3.12. The SMILES string of the molecule is O=C(c1cn(Cc2ccccc2)c2ccccc12)N1CCC(C(=O)N2CCOCC2)CC1. The molecule has 0 radical (unpaired) electrons. The number of nitrogens with zero attached hydrogens (tertiary/aromatic N) is 3. The predicted molar refractivity (Wildman–Crippen MR) is 124 cm³/mol. The molecular formula is C26H29N3O3. The van der Waals surface area contributed by atoms with Gasteiger partial charge < -0.3 is 19.1 Å². The fourth-order valence-electron chi connectivity index (χ4n) is 4.87. The number of hydrogen-bond acceptors (Lipinski definition) is 3. The molecule has 0 spiro atoms. The van der Waals surface area contributed by atoms with E-state index in [1.165, 1.54) is 5.56 Å². The number of carbonyl (C=O) groups is 2. The molecule has 2 aromatic carbocycles. The van der Waals surface area contributed by atoms with Crippen LogP contribution in [0.25, 0.3) is 10.9 Å². The Labute approximate surface area is 188 Å². The Morgan fingerprint density at radius 3 is 2.28 bits per heavy atom. The number of rotatable bonds is 4. The summed E-state index contributed by atoms with van der Waals surface area (Å²) in [6, 6.07) is 18.4. The molecule has 1 aromatic heterocycles. The largest absolute Gasteiger partial charge is 0.378 e. The van der Waals surface area contributed by atoms with Gasteiger partial charge in [0, 0.05) is 55.7 Å². The zero-order valence-corrected chi connectivity index (χ0v) is 18.3. The topological polar surface area (TPSA) is 54.8 Å². The van der Waals surface area contributed by atoms with Crippen molar-refractivity contribution in [3.8, 4) is 0 Å². The fraction of sp³-hybridized carbons (Fsp3) is 0.385. The average molecular weight is 432 g/mol. The number of aromatic nitrogens is 1. The third kappa shape index (κ3) is 4.15. The number of carbonyl (C=O) groups excluding carboxylic acids is 2. The van der Waals surface area contributed by atoms with Gasteiger partial charge >= 0.3 is 0 Å². The predicted octanol–water partition coefficient (Wildman–Crippen LogP) is 3.40. The molecule has 0 N–H and O–H groups in total. The lowest BCUT2D eigenvalue weighted by molar-refractivity contribution is -0.141. The summed E-state index contributed by atoms with van der Waals surface area (Å²) in [6.45, 7) is 4.57. The van der Waals surface area contributed by atoms with Crippen LogP contribution in [0, 0.1) is 5.92 Å². The van der Waals surface area contributed by atoms with Crippen molar-refractivity contribution in [3.05, 3.63) is 71.9 Å². The quantitative estimate of drug-likeness (QED) is 0.636. The van der Waals surface area contributed by atoms with E-state index in [1.54, 1.807) is 0 Å². The molecule has 0 saturated carbocycles. The second-order valence-electron chi connectivity index (χ2n) is 8.68. The van der Waals surface area contributed by atoms with Crippen LogP contribution in [0.3, 0.4) is 0 Å². The molecular weight excluding hydrogens is 402 g/mol. The van der Waals surface area contributed by atoms with Gasteiger partial charge in [-0.25, -0.2) is 0 Å². The van der Waals surface area contributed by atoms with Gasteiger partial charge in [-0.05, 0) is 24.5 Å². The van der Waals surface area contributed by atoms with Crippen molar-refractivity contribution in [3.63, 3.8) is 0 Å². The molecule has 0 atom stereocenters. The Morgan fingerprint density at radius 2 is 1.53 bits per heavy atom. The molecule has 0 unspecified atom stereocenters. The van der Waals surface area contributed by atoms with Crippen LogP contribution >= 0.6 is 0 Å². The van der Waals surface area contributed by atoms with Crippen LogP contribution in [0.1, 0.15) is 28.8 Å². The van der Waals surface area contributed by atoms with Crippen molar-refractivity contribution in [2.75, 3.05) is 39.4 Å². The maximum Gasteiger partial charge on any atom is 0.256 e. The van der Waals surface area contributed by atoms with E-state index in [0.717, 1.165) is 35.9 Å². The lowest BCUT2D eigenvalue weighted by Crippen LogP contribution is -2.47. The highest BCUT2D eigenvalue weighted by Crippen LogP contribution is 2.27. The van der Waals surface area contributed by atoms with Crippen molar-refractivity contribution < 1.29 is 14.3 Å². The van der Waals surface area contributed by atoms with Gasteiger partial charge in [0.15, 0.2) is 0 Å². The van der Waals surface area contributed by atoms with Gasteiger partial charge in [0.25, 0.3) is 5.91 Å². The highest BCUT2D eigenvalue weighted by Gasteiger charge is 2.32. The molecule has 6 heteroatoms. The minimum Gasteiger partial charge on any atom is -0.378 e. The summed E-state index contributed by atoms with van der Waals surface area (Å²) >= 11 is 0. The molecule has 5 rings (SSSR count). The Balaban J connectivity index is 1.30. The van der Waals surface area contributed by atoms with Crippen molar-refractivity contribution in [2.24, 2.45) is 5.92 Å². The van der Waals surface area contributed by atoms with E-state index in [4.69, 9.17) is 4.74 Å². The number of likely N-dealkylation sites (tertiary alicyclic amines) is 1. The number of fused-ring (bicyclic) bond motifs is 1. The zero-order valence-electron chi connectivity index (χ0n) is 18.3. The van der Waals surface area contributed by atoms with E-state index in [-0.39, 0.29) is 17.7 Å². The van der Waals surface area contributed by atoms with Crippen LogP contribution in [0.15, 0.2) is 60.8 Å². The van der Waals surface area contributed by atoms with E-state index in [0.29, 0.717) is 39.4 Å². The summed E-state index contributed by atoms with van der Waals surface area (Å²) in [5.74, 6) is 0.293. The van der Waals surface area contributed by atoms with Gasteiger partial charge in [-0.2, -0.15) is 0 Å². The lowest BCUT2D eigenvalue weighted by atomic mass is 9.94. The van der Waals surface area contributed by atoms with Gasteiger partial charge in [0.1, 0.15) is 0 Å². The highest BCUT2D eigenvalue weighted by atomic mass is 16.5. The number of hydrogen-bond donors (Lipinski definition) is 0. The van der Waals surface area contributed by atoms with E-state index in [1.807, 2.05) is 52.4 Å². The molecule has 0 bridgehead atoms. The normalized spacial score (nSPS) is 17.6. The van der Waals surface area contributed by atoms with Gasteiger partial charge in [0.05, 0.1) is 18.8 Å². The first kappa shape index (κ1) is 20.8. The van der Waals surface area contributed by atoms with Crippen molar-refractivity contribution in [1.29, 1.82) is 0 Å². The molecule has 2 saturated heterocycles. The van der Waals surface area contributed by atoms with E-state index in [9.17, 15) is 9.59 Å². The second kappa shape index (κ2) is 9.17. The molecule has 0 aliphatic carbocycles. The van der Waals surface area contributed by atoms with Gasteiger partial charge in [0.2, 0.25) is 5.91 Å². The number of benzene rings is 2. The smallest absolute Gasteiger partial charge is 0.256 e. The molecule has 2 fully saturated rings. The first-order chi connectivity index (χ1) is 15.7. The first-order valence-electron chi connectivity index (χ1n) is 11.5. The van der Waals surface area contributed by atoms with E-state index in [2.05, 4.69) is 22.8 Å². The summed E-state index contributed by atoms with van der Waals surface area (Å²) < 4.78 is 7.52. The molecule has 2 aliphatic rings. The minimum atomic E-state index is 0.0107. The van der Waals surface area contributed by atoms with Gasteiger partial charge in [-0.3, -0.25) is 9.59 Å². The maximum absolute atomic E-state index is 13.5. The van der Waals surface area contributed by atoms with E-state index < -0.39 is 0 Å². The van der Waals surface area contributed by atoms with Gasteiger partial charge in [-0.1, -0.05) is 48.5 Å². The van der Waals surface area contributed by atoms with Crippen molar-refractivity contribution >= 4 is 22.7 Å². The molecule has 2 aliphatic heterocycles. The van der Waals surface area contributed by atoms with Crippen LogP contribution in [-0.4, -0.2) is 65.6 Å². The van der Waals surface area contributed by atoms with Crippen LogP contribution in [0.2, 0.25) is 0 Å². The number of amides is 2. The fourth-order valence-corrected chi connectivity index (χ4v) is 4.87. The van der Waals surface area contributed by atoms with Crippen LogP contribution in [-0.2, 0) is 16.1 Å². The minimum absolute atomic E-state index is 0.0107. The monoisotopic (exact) mass is 431 g/mol. The molecule has 32 heavy (non-hydrogen) atoms. The Bertz CT molecular complexity index is 1090. The summed E-state index contributed by atoms with van der Waals surface area (Å²) in [4.78, 5) is 30.1. The average Bonchev–Trinajstić information content (AvgIpc) is 3.23. The summed E-state index contributed by atoms with van der Waals surface area (Å²) in [7, 11) is 0. The Kier molecular flexibility index (Phi) is 5.95. The molecule has 6 nitrogen and oxygen atoms in total. The molecule has 3 aromatic rings. The summed E-state index contributed by atoms with van der Waals surface area (Å²) in [5, 5.41) is 0.986. The molecule has 3 heterocycles. The highest BCUT2D eigenvalue weighted by molar-refractivity contribution is 6.07. The summed E-state index contributed by atoms with van der Waals surface area (Å²) in [5.41, 5.74) is 3.02. The first-order valence-corrected chi connectivity index (χ1v) is 11.5. The molecule has 2 amide bonds. The third-order valence-electron chi connectivity index (χ3n) is 6.67. The van der Waals surface area contributed by atoms with Crippen molar-refractivity contribution in [2.45, 2.75) is 19.4 Å². The van der Waals surface area contributed by atoms with E-state index >= 15 is 0 Å². The number of para-hydroxylation sites is 1. The zero-order chi connectivity index (χ0) is 21.9. The van der Waals surface area contributed by atoms with Crippen molar-refractivity contribution in [1.82, 2.24) is 14.4 Å². The van der Waals surface area contributed by atoms with Gasteiger partial charge in [-0.15, -0.1) is 0 Å². The third-order valence-corrected chi connectivity index (χ3v) is 6.67. The lowest BCUT2D eigenvalue weighted by Gasteiger charge is -2.35. The summed E-state index contributed by atoms with van der Waals surface area (Å²) in [6.07, 6.45) is 3.44. The van der Waals surface area contributed by atoms with Crippen LogP contribution in [0.4, 0.5) is 0 Å². The number of morpholine rings is 1.